The highest BCUT2D eigenvalue weighted by atomic mass is 32.2. The molecule has 0 saturated heterocycles. The van der Waals surface area contributed by atoms with E-state index in [1.165, 1.54) is 32.1 Å². The lowest BCUT2D eigenvalue weighted by Gasteiger charge is -2.24. The van der Waals surface area contributed by atoms with Crippen molar-refractivity contribution in [1.29, 1.82) is 0 Å². The summed E-state index contributed by atoms with van der Waals surface area (Å²) in [7, 11) is -1.18. The molecule has 1 saturated carbocycles. The lowest BCUT2D eigenvalue weighted by molar-refractivity contribution is 0.440. The molecule has 1 aromatic rings. The fraction of sp³-hybridized carbons (Fsp3) is 0.588. The monoisotopic (exact) mass is 291 g/mol. The van der Waals surface area contributed by atoms with E-state index in [9.17, 15) is 4.21 Å². The number of hydrogen-bond acceptors (Lipinski definition) is 1. The van der Waals surface area contributed by atoms with E-state index in [4.69, 9.17) is 0 Å². The fourth-order valence-corrected chi connectivity index (χ4v) is 3.28. The molecule has 1 aliphatic carbocycles. The number of rotatable bonds is 3. The van der Waals surface area contributed by atoms with E-state index in [1.807, 2.05) is 39.0 Å². The van der Waals surface area contributed by atoms with Gasteiger partial charge >= 0.3 is 0 Å². The lowest BCUT2D eigenvalue weighted by atomic mass is 9.83. The van der Waals surface area contributed by atoms with Gasteiger partial charge in [0.25, 0.3) is 0 Å². The Hall–Kier alpha value is -0.960. The molecule has 110 valence electrons. The smallest absolute Gasteiger partial charge is 0.145 e. The van der Waals surface area contributed by atoms with Gasteiger partial charge in [-0.3, -0.25) is 0 Å². The second-order valence-corrected chi connectivity index (χ2v) is 8.44. The summed E-state index contributed by atoms with van der Waals surface area (Å²) in [4.78, 5) is 0. The van der Waals surface area contributed by atoms with Crippen molar-refractivity contribution in [3.8, 4) is 0 Å². The Bertz CT molecular complexity index is 481. The maximum absolute atomic E-state index is 12.4. The summed E-state index contributed by atoms with van der Waals surface area (Å²) in [5, 5.41) is 0. The zero-order valence-electron chi connectivity index (χ0n) is 12.8. The fourth-order valence-electron chi connectivity index (χ4n) is 2.57. The molecule has 0 radical (unpaired) electrons. The van der Waals surface area contributed by atoms with E-state index < -0.39 is 11.0 Å². The first-order chi connectivity index (χ1) is 9.48. The second-order valence-electron chi connectivity index (χ2n) is 6.54. The molecule has 1 fully saturated rings. The Morgan fingerprint density at radius 2 is 1.70 bits per heavy atom. The van der Waals surface area contributed by atoms with E-state index in [2.05, 4.69) is 16.5 Å². The van der Waals surface area contributed by atoms with E-state index in [1.54, 1.807) is 0 Å². The van der Waals surface area contributed by atoms with Crippen LogP contribution in [-0.2, 0) is 11.0 Å². The third-order valence-corrected chi connectivity index (χ3v) is 5.18. The van der Waals surface area contributed by atoms with Crippen LogP contribution in [0.3, 0.4) is 0 Å². The van der Waals surface area contributed by atoms with Gasteiger partial charge in [0.15, 0.2) is 0 Å². The standard InChI is InChI=1S/C17H25NOS/c1-17(2,3)20(19)18-16(14-10-6-4-7-11-14)15-12-8-5-9-13-15/h4,6-7,10-11,15H,5,8-9,12-13H2,1-3H3/b18-16-. The Labute approximate surface area is 125 Å². The van der Waals surface area contributed by atoms with Crippen LogP contribution in [0, 0.1) is 5.92 Å². The topological polar surface area (TPSA) is 29.4 Å². The van der Waals surface area contributed by atoms with Crippen LogP contribution in [0.4, 0.5) is 0 Å². The molecule has 0 spiro atoms. The minimum absolute atomic E-state index is 0.297. The Morgan fingerprint density at radius 3 is 2.25 bits per heavy atom. The first-order valence-electron chi connectivity index (χ1n) is 7.54. The van der Waals surface area contributed by atoms with E-state index in [-0.39, 0.29) is 4.75 Å². The molecule has 0 aromatic heterocycles. The molecule has 0 amide bonds. The highest BCUT2D eigenvalue weighted by Crippen LogP contribution is 2.28. The van der Waals surface area contributed by atoms with Gasteiger partial charge in [-0.25, -0.2) is 4.21 Å². The van der Waals surface area contributed by atoms with Gasteiger partial charge in [0.05, 0.1) is 10.5 Å². The quantitative estimate of drug-likeness (QED) is 0.753. The van der Waals surface area contributed by atoms with Gasteiger partial charge in [0.1, 0.15) is 11.0 Å². The van der Waals surface area contributed by atoms with Gasteiger partial charge in [0, 0.05) is 5.92 Å². The molecule has 2 rings (SSSR count). The Balaban J connectivity index is 2.34. The van der Waals surface area contributed by atoms with Crippen molar-refractivity contribution in [2.45, 2.75) is 57.6 Å². The summed E-state index contributed by atoms with van der Waals surface area (Å²) in [6, 6.07) is 10.3. The number of hydrogen-bond donors (Lipinski definition) is 0. The maximum Gasteiger partial charge on any atom is 0.145 e. The Kier molecular flexibility index (Phi) is 5.14. The summed E-state index contributed by atoms with van der Waals surface area (Å²) >= 11 is 0. The van der Waals surface area contributed by atoms with E-state index in [0.29, 0.717) is 5.92 Å². The van der Waals surface area contributed by atoms with Crippen molar-refractivity contribution in [3.05, 3.63) is 35.9 Å². The molecule has 0 N–H and O–H groups in total. The third kappa shape index (κ3) is 4.02. The van der Waals surface area contributed by atoms with Crippen molar-refractivity contribution < 1.29 is 4.21 Å². The predicted octanol–water partition coefficient (Wildman–Crippen LogP) is 4.52. The second kappa shape index (κ2) is 6.66. The van der Waals surface area contributed by atoms with Gasteiger partial charge in [-0.15, -0.1) is 0 Å². The zero-order valence-corrected chi connectivity index (χ0v) is 13.6. The van der Waals surface area contributed by atoms with E-state index >= 15 is 0 Å². The maximum atomic E-state index is 12.4. The first-order valence-corrected chi connectivity index (χ1v) is 8.65. The molecule has 0 heterocycles. The Morgan fingerprint density at radius 1 is 1.10 bits per heavy atom. The average Bonchev–Trinajstić information content (AvgIpc) is 2.45. The highest BCUT2D eigenvalue weighted by molar-refractivity contribution is 7.85. The predicted molar refractivity (Wildman–Crippen MR) is 87.4 cm³/mol. The summed E-state index contributed by atoms with van der Waals surface area (Å²) in [5.41, 5.74) is 2.19. The van der Waals surface area contributed by atoms with Gasteiger partial charge < -0.3 is 0 Å². The normalized spacial score (nSPS) is 19.9. The van der Waals surface area contributed by atoms with Crippen molar-refractivity contribution in [1.82, 2.24) is 0 Å². The van der Waals surface area contributed by atoms with Gasteiger partial charge in [-0.05, 0) is 39.2 Å². The average molecular weight is 291 g/mol. The summed E-state index contributed by atoms with van der Waals surface area (Å²) in [6.07, 6.45) is 6.20. The summed E-state index contributed by atoms with van der Waals surface area (Å²) < 4.78 is 16.7. The van der Waals surface area contributed by atoms with Crippen LogP contribution in [0.1, 0.15) is 58.4 Å². The molecule has 20 heavy (non-hydrogen) atoms. The van der Waals surface area contributed by atoms with Crippen LogP contribution < -0.4 is 0 Å². The minimum Gasteiger partial charge on any atom is -0.234 e. The van der Waals surface area contributed by atoms with Crippen LogP contribution in [0.15, 0.2) is 34.7 Å². The summed E-state index contributed by atoms with van der Waals surface area (Å²) in [6.45, 7) is 5.95. The van der Waals surface area contributed by atoms with Crippen molar-refractivity contribution >= 4 is 16.7 Å². The van der Waals surface area contributed by atoms with Crippen LogP contribution in [0.5, 0.6) is 0 Å². The molecule has 3 heteroatoms. The van der Waals surface area contributed by atoms with Gasteiger partial charge in [-0.2, -0.15) is 4.40 Å². The molecule has 0 aliphatic heterocycles. The molecular formula is C17H25NOS. The molecule has 0 bridgehead atoms. The zero-order chi connectivity index (χ0) is 14.6. The van der Waals surface area contributed by atoms with Crippen molar-refractivity contribution in [3.63, 3.8) is 0 Å². The van der Waals surface area contributed by atoms with Crippen LogP contribution in [0.2, 0.25) is 0 Å². The number of benzene rings is 1. The first kappa shape index (κ1) is 15.4. The van der Waals surface area contributed by atoms with Crippen molar-refractivity contribution in [2.24, 2.45) is 10.3 Å². The van der Waals surface area contributed by atoms with Crippen molar-refractivity contribution in [2.75, 3.05) is 0 Å². The molecule has 2 nitrogen and oxygen atoms in total. The van der Waals surface area contributed by atoms with Crippen LogP contribution in [0.25, 0.3) is 0 Å². The summed E-state index contributed by atoms with van der Waals surface area (Å²) in [5.74, 6) is 0.470. The molecule has 1 aliphatic rings. The minimum atomic E-state index is -1.18. The highest BCUT2D eigenvalue weighted by Gasteiger charge is 2.25. The largest absolute Gasteiger partial charge is 0.234 e. The SMILES string of the molecule is CC(C)(C)S(=O)/N=C(/c1ccccc1)C1CCCCC1. The molecule has 1 aromatic carbocycles. The molecular weight excluding hydrogens is 266 g/mol. The lowest BCUT2D eigenvalue weighted by Crippen LogP contribution is -2.25. The van der Waals surface area contributed by atoms with Crippen LogP contribution >= 0.6 is 0 Å². The van der Waals surface area contributed by atoms with E-state index in [0.717, 1.165) is 11.3 Å². The van der Waals surface area contributed by atoms with Gasteiger partial charge in [-0.1, -0.05) is 49.6 Å². The van der Waals surface area contributed by atoms with Gasteiger partial charge in [0.2, 0.25) is 0 Å². The molecule has 1 unspecified atom stereocenters. The molecule has 1 atom stereocenters. The third-order valence-electron chi connectivity index (χ3n) is 3.77. The van der Waals surface area contributed by atoms with Crippen LogP contribution in [-0.4, -0.2) is 14.7 Å². The number of nitrogens with zero attached hydrogens (tertiary/aromatic N) is 1.